The number of nitrogens with zero attached hydrogens (tertiary/aromatic N) is 5. The number of urea groups is 1. The van der Waals surface area contributed by atoms with E-state index < -0.39 is 0 Å². The number of nitrogens with one attached hydrogen (secondary N) is 2. The predicted octanol–water partition coefficient (Wildman–Crippen LogP) is 3.64. The van der Waals surface area contributed by atoms with Gasteiger partial charge in [-0.15, -0.1) is 12.4 Å². The summed E-state index contributed by atoms with van der Waals surface area (Å²) in [6.45, 7) is 11.2. The molecule has 5 heterocycles. The summed E-state index contributed by atoms with van der Waals surface area (Å²) >= 11 is 0. The molecule has 1 fully saturated rings. The van der Waals surface area contributed by atoms with E-state index >= 15 is 0 Å². The molecule has 182 valence electrons. The van der Waals surface area contributed by atoms with Crippen LogP contribution in [0.15, 0.2) is 30.6 Å². The molecule has 2 amide bonds. The topological polar surface area (TPSA) is 87.0 Å². The van der Waals surface area contributed by atoms with Crippen molar-refractivity contribution >= 4 is 41.1 Å². The van der Waals surface area contributed by atoms with E-state index in [-0.39, 0.29) is 18.4 Å². The minimum absolute atomic E-state index is 0. The summed E-state index contributed by atoms with van der Waals surface area (Å²) < 4.78 is 7.55. The van der Waals surface area contributed by atoms with E-state index in [1.54, 1.807) is 9.42 Å². The van der Waals surface area contributed by atoms with Crippen molar-refractivity contribution in [1.29, 1.82) is 0 Å². The Labute approximate surface area is 205 Å². The molecule has 2 aliphatic rings. The molecule has 0 spiro atoms. The molecule has 0 aliphatic carbocycles. The second-order valence-corrected chi connectivity index (χ2v) is 8.98. The highest BCUT2D eigenvalue weighted by Crippen LogP contribution is 2.35. The molecule has 0 unspecified atom stereocenters. The normalized spacial score (nSPS) is 19.6. The van der Waals surface area contributed by atoms with E-state index in [0.29, 0.717) is 36.7 Å². The third-order valence-electron chi connectivity index (χ3n) is 6.22. The Morgan fingerprint density at radius 1 is 1.26 bits per heavy atom. The molecule has 3 aromatic heterocycles. The third kappa shape index (κ3) is 4.50. The average molecular weight is 486 g/mol. The van der Waals surface area contributed by atoms with Crippen LogP contribution in [0.5, 0.6) is 5.75 Å². The number of fused-ring (bicyclic) bond motifs is 2. The van der Waals surface area contributed by atoms with Gasteiger partial charge < -0.3 is 20.3 Å². The van der Waals surface area contributed by atoms with Crippen molar-refractivity contribution in [1.82, 2.24) is 19.9 Å². The Bertz CT molecular complexity index is 1190. The highest BCUT2D eigenvalue weighted by atomic mass is 35.5. The molecule has 2 N–H and O–H groups in total. The summed E-state index contributed by atoms with van der Waals surface area (Å²) in [5, 5.41) is 11.1. The van der Waals surface area contributed by atoms with E-state index in [1.165, 1.54) is 5.69 Å². The molecule has 3 aromatic rings. The number of aryl methyl sites for hydroxylation is 1. The van der Waals surface area contributed by atoms with Crippen LogP contribution in [0.1, 0.15) is 32.0 Å². The van der Waals surface area contributed by atoms with Gasteiger partial charge in [0.1, 0.15) is 5.82 Å². The summed E-state index contributed by atoms with van der Waals surface area (Å²) in [5.41, 5.74) is 4.75. The molecular formula is C24H32ClN7O2. The zero-order chi connectivity index (χ0) is 23.1. The number of amides is 2. The van der Waals surface area contributed by atoms with Crippen LogP contribution in [0, 0.1) is 6.92 Å². The number of carbonyl (C=O) groups is 1. The highest BCUT2D eigenvalue weighted by Gasteiger charge is 2.31. The zero-order valence-corrected chi connectivity index (χ0v) is 20.9. The molecule has 0 bridgehead atoms. The largest absolute Gasteiger partial charge is 0.490 e. The fourth-order valence-electron chi connectivity index (χ4n) is 4.99. The number of anilines is 3. The van der Waals surface area contributed by atoms with Gasteiger partial charge in [0.2, 0.25) is 0 Å². The predicted molar refractivity (Wildman–Crippen MR) is 137 cm³/mol. The minimum atomic E-state index is -0.206. The van der Waals surface area contributed by atoms with Gasteiger partial charge in [0.25, 0.3) is 0 Å². The van der Waals surface area contributed by atoms with E-state index in [2.05, 4.69) is 45.5 Å². The molecule has 2 atom stereocenters. The Morgan fingerprint density at radius 3 is 2.76 bits per heavy atom. The third-order valence-corrected chi connectivity index (χ3v) is 6.22. The first kappa shape index (κ1) is 24.1. The standard InChI is InChI=1S/C24H31N7O2.ClH/c1-5-33-22-14-31-18(10-15(2)28-31)11-20(22)27-24(32)30-9-7-19-21(6-8-25-23(19)30)29-12-16(3)26-17(4)13-29;/h6,8,10-11,14,16-17,26H,5,7,9,12-13H2,1-4H3,(H,27,32);1H/t16-,17+;. The van der Waals surface area contributed by atoms with Gasteiger partial charge in [0, 0.05) is 49.2 Å². The van der Waals surface area contributed by atoms with Gasteiger partial charge >= 0.3 is 6.03 Å². The van der Waals surface area contributed by atoms with Gasteiger partial charge in [0.15, 0.2) is 5.75 Å². The van der Waals surface area contributed by atoms with Crippen LogP contribution in [-0.4, -0.2) is 59.0 Å². The van der Waals surface area contributed by atoms with E-state index in [9.17, 15) is 4.79 Å². The van der Waals surface area contributed by atoms with Crippen LogP contribution in [0.3, 0.4) is 0 Å². The Hall–Kier alpha value is -3.04. The second kappa shape index (κ2) is 9.68. The van der Waals surface area contributed by atoms with E-state index in [0.717, 1.165) is 42.1 Å². The van der Waals surface area contributed by atoms with Crippen LogP contribution < -0.4 is 25.2 Å². The SMILES string of the molecule is CCOc1cn2nc(C)cc2cc1NC(=O)N1CCc2c(N3C[C@@H](C)N[C@@H](C)C3)ccnc21.Cl. The second-order valence-electron chi connectivity index (χ2n) is 8.98. The smallest absolute Gasteiger partial charge is 0.327 e. The zero-order valence-electron chi connectivity index (χ0n) is 20.0. The van der Waals surface area contributed by atoms with Crippen molar-refractivity contribution in [3.63, 3.8) is 0 Å². The summed E-state index contributed by atoms with van der Waals surface area (Å²) in [5.74, 6) is 1.33. The molecule has 2 aliphatic heterocycles. The van der Waals surface area contributed by atoms with Gasteiger partial charge in [0.05, 0.1) is 29.7 Å². The monoisotopic (exact) mass is 485 g/mol. The molecular weight excluding hydrogens is 454 g/mol. The number of carbonyl (C=O) groups excluding carboxylic acids is 1. The van der Waals surface area contributed by atoms with Crippen molar-refractivity contribution in [3.8, 4) is 5.75 Å². The van der Waals surface area contributed by atoms with E-state index in [4.69, 9.17) is 4.74 Å². The van der Waals surface area contributed by atoms with Gasteiger partial charge in [-0.3, -0.25) is 4.90 Å². The molecule has 5 rings (SSSR count). The lowest BCUT2D eigenvalue weighted by atomic mass is 10.1. The number of rotatable bonds is 4. The lowest BCUT2D eigenvalue weighted by Gasteiger charge is -2.38. The van der Waals surface area contributed by atoms with E-state index in [1.807, 2.05) is 38.4 Å². The number of halogens is 1. The van der Waals surface area contributed by atoms with Crippen molar-refractivity contribution in [2.75, 3.05) is 41.4 Å². The van der Waals surface area contributed by atoms with Crippen LogP contribution in [0.4, 0.5) is 22.0 Å². The van der Waals surface area contributed by atoms with Crippen LogP contribution in [-0.2, 0) is 6.42 Å². The summed E-state index contributed by atoms with van der Waals surface area (Å²) in [4.78, 5) is 22.1. The van der Waals surface area contributed by atoms with Crippen molar-refractivity contribution in [3.05, 3.63) is 41.9 Å². The molecule has 0 radical (unpaired) electrons. The number of hydrogen-bond donors (Lipinski definition) is 2. The van der Waals surface area contributed by atoms with Gasteiger partial charge in [-0.25, -0.2) is 14.3 Å². The first-order valence-electron chi connectivity index (χ1n) is 11.6. The van der Waals surface area contributed by atoms with Crippen LogP contribution in [0.25, 0.3) is 5.52 Å². The number of aromatic nitrogens is 3. The fraction of sp³-hybridized carbons (Fsp3) is 0.458. The number of ether oxygens (including phenoxy) is 1. The fourth-order valence-corrected chi connectivity index (χ4v) is 4.99. The number of pyridine rings is 2. The molecule has 0 saturated carbocycles. The Kier molecular flexibility index (Phi) is 6.86. The lowest BCUT2D eigenvalue weighted by molar-refractivity contribution is 0.257. The lowest BCUT2D eigenvalue weighted by Crippen LogP contribution is -2.54. The Balaban J connectivity index is 0.00000274. The number of piperazine rings is 1. The van der Waals surface area contributed by atoms with Crippen molar-refractivity contribution in [2.45, 2.75) is 46.2 Å². The maximum atomic E-state index is 13.3. The molecule has 34 heavy (non-hydrogen) atoms. The van der Waals surface area contributed by atoms with Crippen LogP contribution >= 0.6 is 12.4 Å². The average Bonchev–Trinajstić information content (AvgIpc) is 3.35. The summed E-state index contributed by atoms with van der Waals surface area (Å²) in [7, 11) is 0. The quantitative estimate of drug-likeness (QED) is 0.586. The van der Waals surface area contributed by atoms with Gasteiger partial charge in [-0.05, 0) is 52.3 Å². The van der Waals surface area contributed by atoms with Crippen molar-refractivity contribution < 1.29 is 9.53 Å². The molecule has 1 saturated heterocycles. The minimum Gasteiger partial charge on any atom is -0.490 e. The van der Waals surface area contributed by atoms with Gasteiger partial charge in [-0.1, -0.05) is 0 Å². The maximum absolute atomic E-state index is 13.3. The highest BCUT2D eigenvalue weighted by molar-refractivity contribution is 6.04. The molecule has 9 nitrogen and oxygen atoms in total. The Morgan fingerprint density at radius 2 is 2.03 bits per heavy atom. The van der Waals surface area contributed by atoms with Crippen molar-refractivity contribution in [2.24, 2.45) is 0 Å². The summed E-state index contributed by atoms with van der Waals surface area (Å²) in [6, 6.07) is 6.57. The number of hydrogen-bond acceptors (Lipinski definition) is 6. The summed E-state index contributed by atoms with van der Waals surface area (Å²) in [6.07, 6.45) is 4.41. The molecule has 10 heteroatoms. The van der Waals surface area contributed by atoms with Crippen LogP contribution in [0.2, 0.25) is 0 Å². The first-order chi connectivity index (χ1) is 15.9. The maximum Gasteiger partial charge on any atom is 0.327 e. The van der Waals surface area contributed by atoms with Gasteiger partial charge in [-0.2, -0.15) is 5.10 Å². The molecule has 0 aromatic carbocycles. The first-order valence-corrected chi connectivity index (χ1v) is 11.6.